The van der Waals surface area contributed by atoms with Crippen molar-refractivity contribution in [3.63, 3.8) is 0 Å². The van der Waals surface area contributed by atoms with Crippen molar-refractivity contribution in [2.45, 2.75) is 6.92 Å². The summed E-state index contributed by atoms with van der Waals surface area (Å²) in [5, 5.41) is 2.53. The molecule has 0 unspecified atom stereocenters. The third kappa shape index (κ3) is 3.32. The van der Waals surface area contributed by atoms with Gasteiger partial charge in [0.15, 0.2) is 0 Å². The number of carbonyl (C=O) groups is 1. The second kappa shape index (κ2) is 5.84. The number of amides is 1. The number of hydrogen-bond acceptors (Lipinski definition) is 3. The van der Waals surface area contributed by atoms with Crippen LogP contribution in [-0.2, 0) is 0 Å². The first kappa shape index (κ1) is 13.5. The highest BCUT2D eigenvalue weighted by Crippen LogP contribution is 2.27. The minimum absolute atomic E-state index is 0.238. The highest BCUT2D eigenvalue weighted by molar-refractivity contribution is 9.10. The minimum atomic E-state index is -0.238. The van der Waals surface area contributed by atoms with Gasteiger partial charge in [-0.3, -0.25) is 9.78 Å². The molecule has 5 heteroatoms. The highest BCUT2D eigenvalue weighted by atomic mass is 79.9. The number of carbonyl (C=O) groups excluding carboxylic acids is 1. The summed E-state index contributed by atoms with van der Waals surface area (Å²) in [6, 6.07) is 9.08. The van der Waals surface area contributed by atoms with Crippen molar-refractivity contribution in [2.24, 2.45) is 0 Å². The Bertz CT molecular complexity index is 614. The summed E-state index contributed by atoms with van der Waals surface area (Å²) in [5.41, 5.74) is 1.34. The van der Waals surface area contributed by atoms with Gasteiger partial charge in [0.05, 0.1) is 0 Å². The maximum atomic E-state index is 11.5. The second-order valence-electron chi connectivity index (χ2n) is 3.97. The molecule has 0 saturated heterocycles. The van der Waals surface area contributed by atoms with Crippen LogP contribution in [0.2, 0.25) is 0 Å². The normalized spacial score (nSPS) is 10.1. The third-order valence-corrected chi connectivity index (χ3v) is 3.05. The van der Waals surface area contributed by atoms with Crippen molar-refractivity contribution in [2.75, 3.05) is 7.05 Å². The lowest BCUT2D eigenvalue weighted by molar-refractivity contribution is 0.0958. The van der Waals surface area contributed by atoms with E-state index in [1.807, 2.05) is 25.1 Å². The van der Waals surface area contributed by atoms with Gasteiger partial charge in [-0.1, -0.05) is 15.9 Å². The van der Waals surface area contributed by atoms with Crippen molar-refractivity contribution in [3.8, 4) is 11.5 Å². The first-order valence-corrected chi connectivity index (χ1v) is 6.51. The summed E-state index contributed by atoms with van der Waals surface area (Å²) >= 11 is 3.40. The Morgan fingerprint density at radius 3 is 2.79 bits per heavy atom. The lowest BCUT2D eigenvalue weighted by atomic mass is 10.2. The van der Waals surface area contributed by atoms with Crippen molar-refractivity contribution >= 4 is 21.8 Å². The monoisotopic (exact) mass is 320 g/mol. The Balaban J connectivity index is 2.26. The Hall–Kier alpha value is -1.88. The number of hydrogen-bond donors (Lipinski definition) is 1. The van der Waals surface area contributed by atoms with E-state index in [-0.39, 0.29) is 5.91 Å². The van der Waals surface area contributed by atoms with Gasteiger partial charge in [0, 0.05) is 23.8 Å². The number of pyridine rings is 1. The number of aryl methyl sites for hydroxylation is 1. The molecule has 1 aromatic carbocycles. The lowest BCUT2D eigenvalue weighted by Gasteiger charge is -2.09. The number of benzene rings is 1. The summed E-state index contributed by atoms with van der Waals surface area (Å²) in [6.07, 6.45) is 1.55. The van der Waals surface area contributed by atoms with E-state index >= 15 is 0 Å². The Morgan fingerprint density at radius 1 is 1.32 bits per heavy atom. The van der Waals surface area contributed by atoms with Gasteiger partial charge in [0.2, 0.25) is 0 Å². The van der Waals surface area contributed by atoms with E-state index in [2.05, 4.69) is 26.2 Å². The predicted molar refractivity (Wildman–Crippen MR) is 76.6 cm³/mol. The number of nitrogens with zero attached hydrogens (tertiary/aromatic N) is 1. The third-order valence-electron chi connectivity index (χ3n) is 2.56. The van der Waals surface area contributed by atoms with Crippen molar-refractivity contribution < 1.29 is 9.53 Å². The number of ether oxygens (including phenoxy) is 1. The van der Waals surface area contributed by atoms with Crippen LogP contribution in [0.5, 0.6) is 11.5 Å². The topological polar surface area (TPSA) is 51.2 Å². The maximum Gasteiger partial charge on any atom is 0.269 e. The minimum Gasteiger partial charge on any atom is -0.457 e. The van der Waals surface area contributed by atoms with Gasteiger partial charge in [-0.25, -0.2) is 0 Å². The fraction of sp³-hybridized carbons (Fsp3) is 0.143. The van der Waals surface area contributed by atoms with Gasteiger partial charge in [0.1, 0.15) is 17.2 Å². The molecule has 19 heavy (non-hydrogen) atoms. The van der Waals surface area contributed by atoms with Gasteiger partial charge >= 0.3 is 0 Å². The zero-order chi connectivity index (χ0) is 13.8. The van der Waals surface area contributed by atoms with Gasteiger partial charge < -0.3 is 10.1 Å². The largest absolute Gasteiger partial charge is 0.457 e. The number of aromatic nitrogens is 1. The molecule has 1 amide bonds. The van der Waals surface area contributed by atoms with E-state index < -0.39 is 0 Å². The van der Waals surface area contributed by atoms with E-state index in [9.17, 15) is 4.79 Å². The van der Waals surface area contributed by atoms with Gasteiger partial charge in [-0.15, -0.1) is 0 Å². The molecule has 0 aliphatic rings. The molecule has 0 aliphatic heterocycles. The van der Waals surface area contributed by atoms with Crippen LogP contribution in [0.25, 0.3) is 0 Å². The first-order chi connectivity index (χ1) is 9.10. The maximum absolute atomic E-state index is 11.5. The summed E-state index contributed by atoms with van der Waals surface area (Å²) < 4.78 is 6.76. The molecule has 0 atom stereocenters. The SMILES string of the molecule is CNC(=O)c1cc(Oc2ccc(Br)cc2C)ccn1. The predicted octanol–water partition coefficient (Wildman–Crippen LogP) is 3.30. The molecule has 2 aromatic rings. The zero-order valence-electron chi connectivity index (χ0n) is 10.6. The van der Waals surface area contributed by atoms with Crippen molar-refractivity contribution in [1.82, 2.24) is 10.3 Å². The van der Waals surface area contributed by atoms with E-state index in [0.717, 1.165) is 15.8 Å². The van der Waals surface area contributed by atoms with E-state index in [4.69, 9.17) is 4.74 Å². The quantitative estimate of drug-likeness (QED) is 0.944. The molecule has 0 saturated carbocycles. The highest BCUT2D eigenvalue weighted by Gasteiger charge is 2.07. The molecule has 0 radical (unpaired) electrons. The first-order valence-electron chi connectivity index (χ1n) is 5.72. The standard InChI is InChI=1S/C14H13BrN2O2/c1-9-7-10(15)3-4-13(9)19-11-5-6-17-12(8-11)14(18)16-2/h3-8H,1-2H3,(H,16,18). The van der Waals surface area contributed by atoms with Gasteiger partial charge in [-0.2, -0.15) is 0 Å². The average molecular weight is 321 g/mol. The van der Waals surface area contributed by atoms with Crippen LogP contribution >= 0.6 is 15.9 Å². The van der Waals surface area contributed by atoms with Crippen molar-refractivity contribution in [3.05, 3.63) is 52.3 Å². The molecular formula is C14H13BrN2O2. The van der Waals surface area contributed by atoms with Crippen LogP contribution in [0.4, 0.5) is 0 Å². The Kier molecular flexibility index (Phi) is 4.16. The smallest absolute Gasteiger partial charge is 0.269 e. The van der Waals surface area contributed by atoms with E-state index in [0.29, 0.717) is 11.4 Å². The lowest BCUT2D eigenvalue weighted by Crippen LogP contribution is -2.18. The van der Waals surface area contributed by atoms with Gasteiger partial charge in [-0.05, 0) is 36.8 Å². The van der Waals surface area contributed by atoms with Crippen LogP contribution in [-0.4, -0.2) is 17.9 Å². The molecule has 0 spiro atoms. The summed E-state index contributed by atoms with van der Waals surface area (Å²) in [5.74, 6) is 1.09. The average Bonchev–Trinajstić information content (AvgIpc) is 2.41. The van der Waals surface area contributed by atoms with Crippen LogP contribution in [0, 0.1) is 6.92 Å². The fourth-order valence-electron chi connectivity index (χ4n) is 1.58. The molecule has 0 aliphatic carbocycles. The Labute approximate surface area is 119 Å². The molecule has 0 bridgehead atoms. The van der Waals surface area contributed by atoms with Crippen LogP contribution in [0.1, 0.15) is 16.1 Å². The Morgan fingerprint density at radius 2 is 2.11 bits per heavy atom. The summed E-state index contributed by atoms with van der Waals surface area (Å²) in [7, 11) is 1.57. The van der Waals surface area contributed by atoms with Gasteiger partial charge in [0.25, 0.3) is 5.91 Å². The molecule has 1 heterocycles. The van der Waals surface area contributed by atoms with E-state index in [1.165, 1.54) is 0 Å². The molecule has 0 fully saturated rings. The van der Waals surface area contributed by atoms with Crippen LogP contribution in [0.3, 0.4) is 0 Å². The second-order valence-corrected chi connectivity index (χ2v) is 4.88. The number of halogens is 1. The van der Waals surface area contributed by atoms with Crippen LogP contribution < -0.4 is 10.1 Å². The molecule has 4 nitrogen and oxygen atoms in total. The molecule has 2 rings (SSSR count). The molecule has 98 valence electrons. The molecule has 1 N–H and O–H groups in total. The molecule has 1 aromatic heterocycles. The zero-order valence-corrected chi connectivity index (χ0v) is 12.2. The number of rotatable bonds is 3. The van der Waals surface area contributed by atoms with Crippen molar-refractivity contribution in [1.29, 1.82) is 0 Å². The number of nitrogens with one attached hydrogen (secondary N) is 1. The van der Waals surface area contributed by atoms with E-state index in [1.54, 1.807) is 25.4 Å². The molecular weight excluding hydrogens is 308 g/mol. The summed E-state index contributed by atoms with van der Waals surface area (Å²) in [4.78, 5) is 15.5. The van der Waals surface area contributed by atoms with Crippen LogP contribution in [0.15, 0.2) is 41.0 Å². The summed E-state index contributed by atoms with van der Waals surface area (Å²) in [6.45, 7) is 1.96. The fourth-order valence-corrected chi connectivity index (χ4v) is 2.06.